The number of pyridine rings is 1. The molecule has 0 aliphatic rings. The second-order valence-electron chi connectivity index (χ2n) is 4.48. The van der Waals surface area contributed by atoms with E-state index in [-0.39, 0.29) is 10.0 Å². The van der Waals surface area contributed by atoms with Crippen LogP contribution in [0.2, 0.25) is 0 Å². The van der Waals surface area contributed by atoms with Crippen molar-refractivity contribution in [2.45, 2.75) is 19.9 Å². The van der Waals surface area contributed by atoms with Crippen molar-refractivity contribution in [2.24, 2.45) is 0 Å². The molecule has 1 aromatic carbocycles. The highest BCUT2D eigenvalue weighted by Crippen LogP contribution is 2.30. The molecule has 0 unspecified atom stereocenters. The van der Waals surface area contributed by atoms with E-state index >= 15 is 0 Å². The minimum Gasteiger partial charge on any atom is -0.313 e. The van der Waals surface area contributed by atoms with E-state index in [0.29, 0.717) is 12.1 Å². The largest absolute Gasteiger partial charge is 0.313 e. The second kappa shape index (κ2) is 6.90. The Morgan fingerprint density at radius 1 is 1.25 bits per heavy atom. The van der Waals surface area contributed by atoms with E-state index in [9.17, 15) is 8.78 Å². The van der Waals surface area contributed by atoms with Gasteiger partial charge in [-0.1, -0.05) is 6.92 Å². The summed E-state index contributed by atoms with van der Waals surface area (Å²) in [6, 6.07) is 4.35. The summed E-state index contributed by atoms with van der Waals surface area (Å²) in [6.45, 7) is 3.60. The molecule has 0 saturated heterocycles. The molecular formula is C15H15BrF2N2. The van der Waals surface area contributed by atoms with Crippen LogP contribution in [0.25, 0.3) is 11.1 Å². The standard InChI is InChI=1S/C15H15BrF2N2/c1-2-5-19-7-10-6-11(9-20-8-10)14-13(17)4-3-12(16)15(14)18/h3-4,6,8-9,19H,2,5,7H2,1H3. The summed E-state index contributed by atoms with van der Waals surface area (Å²) in [4.78, 5) is 4.06. The van der Waals surface area contributed by atoms with Crippen LogP contribution < -0.4 is 5.32 Å². The van der Waals surface area contributed by atoms with Gasteiger partial charge in [-0.3, -0.25) is 4.98 Å². The van der Waals surface area contributed by atoms with Gasteiger partial charge in [0.1, 0.15) is 11.6 Å². The molecule has 106 valence electrons. The van der Waals surface area contributed by atoms with Crippen LogP contribution in [0.5, 0.6) is 0 Å². The Hall–Kier alpha value is -1.33. The predicted molar refractivity (Wildman–Crippen MR) is 79.3 cm³/mol. The summed E-state index contributed by atoms with van der Waals surface area (Å²) in [6.07, 6.45) is 4.19. The van der Waals surface area contributed by atoms with E-state index in [2.05, 4.69) is 33.2 Å². The van der Waals surface area contributed by atoms with Crippen molar-refractivity contribution in [3.05, 3.63) is 52.3 Å². The molecule has 0 aliphatic carbocycles. The van der Waals surface area contributed by atoms with Gasteiger partial charge in [0.15, 0.2) is 0 Å². The van der Waals surface area contributed by atoms with Crippen LogP contribution >= 0.6 is 15.9 Å². The summed E-state index contributed by atoms with van der Waals surface area (Å²) >= 11 is 3.07. The molecule has 1 aromatic heterocycles. The zero-order valence-corrected chi connectivity index (χ0v) is 12.7. The van der Waals surface area contributed by atoms with Crippen molar-refractivity contribution in [2.75, 3.05) is 6.54 Å². The van der Waals surface area contributed by atoms with Gasteiger partial charge in [-0.05, 0) is 52.7 Å². The summed E-state index contributed by atoms with van der Waals surface area (Å²) in [7, 11) is 0. The lowest BCUT2D eigenvalue weighted by Crippen LogP contribution is -2.13. The van der Waals surface area contributed by atoms with E-state index in [4.69, 9.17) is 0 Å². The molecule has 2 rings (SSSR count). The third-order valence-electron chi connectivity index (χ3n) is 2.88. The quantitative estimate of drug-likeness (QED) is 0.648. The summed E-state index contributed by atoms with van der Waals surface area (Å²) in [5, 5.41) is 3.23. The Bertz CT molecular complexity index is 602. The van der Waals surface area contributed by atoms with E-state index < -0.39 is 11.6 Å². The molecule has 2 nitrogen and oxygen atoms in total. The molecule has 0 aliphatic heterocycles. The molecule has 5 heteroatoms. The zero-order chi connectivity index (χ0) is 14.5. The fourth-order valence-corrected chi connectivity index (χ4v) is 2.25. The fourth-order valence-electron chi connectivity index (χ4n) is 1.92. The Morgan fingerprint density at radius 3 is 2.80 bits per heavy atom. The third kappa shape index (κ3) is 3.41. The zero-order valence-electron chi connectivity index (χ0n) is 11.1. The molecule has 0 saturated carbocycles. The van der Waals surface area contributed by atoms with Gasteiger partial charge >= 0.3 is 0 Å². The first-order valence-electron chi connectivity index (χ1n) is 6.42. The highest BCUT2D eigenvalue weighted by Gasteiger charge is 2.14. The summed E-state index contributed by atoms with van der Waals surface area (Å²) in [5.41, 5.74) is 1.29. The number of hydrogen-bond acceptors (Lipinski definition) is 2. The number of nitrogens with one attached hydrogen (secondary N) is 1. The number of benzene rings is 1. The van der Waals surface area contributed by atoms with Gasteiger partial charge in [0, 0.05) is 24.5 Å². The maximum Gasteiger partial charge on any atom is 0.148 e. The lowest BCUT2D eigenvalue weighted by Gasteiger charge is -2.09. The maximum atomic E-state index is 14.1. The Kier molecular flexibility index (Phi) is 5.20. The number of nitrogens with zero attached hydrogens (tertiary/aromatic N) is 1. The van der Waals surface area contributed by atoms with Crippen LogP contribution in [0.4, 0.5) is 8.78 Å². The first kappa shape index (κ1) is 15.1. The Balaban J connectivity index is 2.34. The van der Waals surface area contributed by atoms with Gasteiger partial charge in [0.25, 0.3) is 0 Å². The first-order chi connectivity index (χ1) is 9.63. The molecule has 0 radical (unpaired) electrons. The van der Waals surface area contributed by atoms with E-state index in [1.165, 1.54) is 18.3 Å². The smallest absolute Gasteiger partial charge is 0.148 e. The van der Waals surface area contributed by atoms with E-state index in [1.54, 1.807) is 12.3 Å². The van der Waals surface area contributed by atoms with Crippen molar-refractivity contribution in [1.29, 1.82) is 0 Å². The van der Waals surface area contributed by atoms with E-state index in [1.807, 2.05) is 0 Å². The summed E-state index contributed by atoms with van der Waals surface area (Å²) < 4.78 is 28.1. The van der Waals surface area contributed by atoms with Gasteiger partial charge in [-0.15, -0.1) is 0 Å². The van der Waals surface area contributed by atoms with Crippen LogP contribution in [0.15, 0.2) is 35.1 Å². The highest BCUT2D eigenvalue weighted by molar-refractivity contribution is 9.10. The van der Waals surface area contributed by atoms with Crippen LogP contribution in [0.3, 0.4) is 0 Å². The molecule has 20 heavy (non-hydrogen) atoms. The lowest BCUT2D eigenvalue weighted by molar-refractivity contribution is 0.585. The normalized spacial score (nSPS) is 10.8. The molecule has 0 fully saturated rings. The monoisotopic (exact) mass is 340 g/mol. The SMILES string of the molecule is CCCNCc1cncc(-c2c(F)ccc(Br)c2F)c1. The molecule has 0 bridgehead atoms. The van der Waals surface area contributed by atoms with Crippen molar-refractivity contribution in [1.82, 2.24) is 10.3 Å². The van der Waals surface area contributed by atoms with Gasteiger partial charge in [0.2, 0.25) is 0 Å². The lowest BCUT2D eigenvalue weighted by atomic mass is 10.0. The minimum absolute atomic E-state index is 0.0517. The topological polar surface area (TPSA) is 24.9 Å². The number of aromatic nitrogens is 1. The Morgan fingerprint density at radius 2 is 2.05 bits per heavy atom. The van der Waals surface area contributed by atoms with Crippen LogP contribution in [0.1, 0.15) is 18.9 Å². The summed E-state index contributed by atoms with van der Waals surface area (Å²) in [5.74, 6) is -1.20. The van der Waals surface area contributed by atoms with Crippen molar-refractivity contribution in [3.8, 4) is 11.1 Å². The van der Waals surface area contributed by atoms with Crippen LogP contribution in [-0.2, 0) is 6.54 Å². The van der Waals surface area contributed by atoms with Crippen LogP contribution in [0, 0.1) is 11.6 Å². The number of hydrogen-bond donors (Lipinski definition) is 1. The molecule has 0 atom stereocenters. The molecule has 0 spiro atoms. The Labute approximate surface area is 125 Å². The van der Waals surface area contributed by atoms with Gasteiger partial charge in [-0.25, -0.2) is 8.78 Å². The van der Waals surface area contributed by atoms with Gasteiger partial charge < -0.3 is 5.32 Å². The molecule has 1 heterocycles. The minimum atomic E-state index is -0.606. The first-order valence-corrected chi connectivity index (χ1v) is 7.21. The molecule has 2 aromatic rings. The predicted octanol–water partition coefficient (Wildman–Crippen LogP) is 4.29. The third-order valence-corrected chi connectivity index (χ3v) is 3.50. The van der Waals surface area contributed by atoms with Crippen molar-refractivity contribution < 1.29 is 8.78 Å². The van der Waals surface area contributed by atoms with Crippen LogP contribution in [-0.4, -0.2) is 11.5 Å². The van der Waals surface area contributed by atoms with Gasteiger partial charge in [-0.2, -0.15) is 0 Å². The molecule has 1 N–H and O–H groups in total. The highest BCUT2D eigenvalue weighted by atomic mass is 79.9. The van der Waals surface area contributed by atoms with E-state index in [0.717, 1.165) is 18.5 Å². The molecular weight excluding hydrogens is 326 g/mol. The van der Waals surface area contributed by atoms with Gasteiger partial charge in [0.05, 0.1) is 10.0 Å². The number of rotatable bonds is 5. The van der Waals surface area contributed by atoms with Crippen molar-refractivity contribution in [3.63, 3.8) is 0 Å². The number of halogens is 3. The average Bonchev–Trinajstić information content (AvgIpc) is 2.44. The van der Waals surface area contributed by atoms with Crippen molar-refractivity contribution >= 4 is 15.9 Å². The average molecular weight is 341 g/mol. The molecule has 0 amide bonds. The fraction of sp³-hybridized carbons (Fsp3) is 0.267. The second-order valence-corrected chi connectivity index (χ2v) is 5.33. The maximum absolute atomic E-state index is 14.1.